The molecule has 5 rings (SSSR count). The summed E-state index contributed by atoms with van der Waals surface area (Å²) in [5.74, 6) is -3.20. The van der Waals surface area contributed by atoms with Gasteiger partial charge in [0.25, 0.3) is 0 Å². The zero-order chi connectivity index (χ0) is 36.6. The Labute approximate surface area is 300 Å². The summed E-state index contributed by atoms with van der Waals surface area (Å²) in [6.07, 6.45) is -2.39. The SMILES string of the molecule is CCOC(=O)C(OC[C@H]1O[C@@H](n2ncc3c(N(Cc4ccccc4Cl)C(=O)OC(C)(C)C)nc(Cl)nc32)[C@@H]2OC(C)(C)O[C@@H]21)P(C)(=O)OCC. The number of carbonyl (C=O) groups excluding carboxylic acids is 2. The van der Waals surface area contributed by atoms with Crippen LogP contribution in [-0.4, -0.2) is 93.8 Å². The Balaban J connectivity index is 1.51. The topological polar surface area (TPSA) is 163 Å². The van der Waals surface area contributed by atoms with Gasteiger partial charge in [-0.05, 0) is 71.7 Å². The molecule has 2 unspecified atom stereocenters. The monoisotopic (exact) mass is 757 g/mol. The Bertz CT molecular complexity index is 1770. The Kier molecular flexibility index (Phi) is 11.5. The second kappa shape index (κ2) is 15.0. The van der Waals surface area contributed by atoms with E-state index in [2.05, 4.69) is 15.1 Å². The van der Waals surface area contributed by atoms with Gasteiger partial charge in [-0.3, -0.25) is 9.46 Å². The maximum Gasteiger partial charge on any atom is 0.416 e. The van der Waals surface area contributed by atoms with Crippen molar-refractivity contribution in [2.45, 2.75) is 96.8 Å². The summed E-state index contributed by atoms with van der Waals surface area (Å²) < 4.78 is 55.9. The molecule has 0 spiro atoms. The molecule has 0 aliphatic carbocycles. The first-order valence-corrected chi connectivity index (χ1v) is 19.0. The molecule has 6 atom stereocenters. The van der Waals surface area contributed by atoms with Gasteiger partial charge in [-0.2, -0.15) is 15.1 Å². The molecule has 2 aliphatic rings. The number of nitrogens with zero attached hydrogens (tertiary/aromatic N) is 5. The minimum Gasteiger partial charge on any atom is -0.464 e. The lowest BCUT2D eigenvalue weighted by atomic mass is 10.1. The van der Waals surface area contributed by atoms with Crippen molar-refractivity contribution in [3.63, 3.8) is 0 Å². The van der Waals surface area contributed by atoms with E-state index in [1.165, 1.54) is 22.4 Å². The van der Waals surface area contributed by atoms with Crippen molar-refractivity contribution in [3.05, 3.63) is 46.3 Å². The van der Waals surface area contributed by atoms with E-state index in [0.717, 1.165) is 0 Å². The lowest BCUT2D eigenvalue weighted by Crippen LogP contribution is -2.37. The number of hydrogen-bond donors (Lipinski definition) is 0. The number of amides is 1. The van der Waals surface area contributed by atoms with Crippen LogP contribution in [0.15, 0.2) is 30.5 Å². The van der Waals surface area contributed by atoms with E-state index in [1.807, 2.05) is 0 Å². The molecule has 2 saturated heterocycles. The summed E-state index contributed by atoms with van der Waals surface area (Å²) in [6, 6.07) is 7.09. The fraction of sp³-hybridized carbons (Fsp3) is 0.594. The molecule has 0 bridgehead atoms. The van der Waals surface area contributed by atoms with Crippen LogP contribution in [0.1, 0.15) is 60.3 Å². The molecule has 274 valence electrons. The highest BCUT2D eigenvalue weighted by atomic mass is 35.5. The van der Waals surface area contributed by atoms with Crippen LogP contribution >= 0.6 is 30.6 Å². The molecule has 0 N–H and O–H groups in total. The van der Waals surface area contributed by atoms with Crippen LogP contribution in [0, 0.1) is 0 Å². The largest absolute Gasteiger partial charge is 0.464 e. The van der Waals surface area contributed by atoms with Gasteiger partial charge in [-0.25, -0.2) is 14.3 Å². The van der Waals surface area contributed by atoms with Crippen LogP contribution < -0.4 is 4.90 Å². The third kappa shape index (κ3) is 8.42. The molecule has 0 saturated carbocycles. The summed E-state index contributed by atoms with van der Waals surface area (Å²) in [5, 5.41) is 5.21. The van der Waals surface area contributed by atoms with Crippen LogP contribution in [-0.2, 0) is 48.8 Å². The van der Waals surface area contributed by atoms with E-state index in [1.54, 1.807) is 72.7 Å². The Morgan fingerprint density at radius 2 is 1.80 bits per heavy atom. The van der Waals surface area contributed by atoms with Crippen molar-refractivity contribution < 1.29 is 47.1 Å². The first kappa shape index (κ1) is 38.4. The predicted molar refractivity (Wildman–Crippen MR) is 183 cm³/mol. The van der Waals surface area contributed by atoms with Crippen molar-refractivity contribution in [3.8, 4) is 0 Å². The summed E-state index contributed by atoms with van der Waals surface area (Å²) in [4.78, 5) is 36.7. The van der Waals surface area contributed by atoms with Gasteiger partial charge in [0.15, 0.2) is 23.5 Å². The van der Waals surface area contributed by atoms with E-state index < -0.39 is 61.2 Å². The number of anilines is 1. The van der Waals surface area contributed by atoms with Gasteiger partial charge >= 0.3 is 12.1 Å². The molecule has 2 aromatic heterocycles. The average Bonchev–Trinajstić information content (AvgIpc) is 3.66. The number of fused-ring (bicyclic) bond motifs is 2. The van der Waals surface area contributed by atoms with Gasteiger partial charge in [-0.15, -0.1) is 0 Å². The molecule has 15 nitrogen and oxygen atoms in total. The van der Waals surface area contributed by atoms with Crippen LogP contribution in [0.5, 0.6) is 0 Å². The molecule has 4 heterocycles. The van der Waals surface area contributed by atoms with Crippen LogP contribution in [0.25, 0.3) is 11.0 Å². The number of rotatable bonds is 12. The predicted octanol–water partition coefficient (Wildman–Crippen LogP) is 6.34. The number of ether oxygens (including phenoxy) is 6. The number of aromatic nitrogens is 4. The number of hydrogen-bond acceptors (Lipinski definition) is 13. The minimum atomic E-state index is -3.59. The van der Waals surface area contributed by atoms with E-state index in [0.29, 0.717) is 16.0 Å². The molecule has 18 heteroatoms. The molecule has 1 aromatic carbocycles. The minimum absolute atomic E-state index is 0.00204. The zero-order valence-corrected chi connectivity index (χ0v) is 31.5. The smallest absolute Gasteiger partial charge is 0.416 e. The van der Waals surface area contributed by atoms with Crippen LogP contribution in [0.2, 0.25) is 10.3 Å². The van der Waals surface area contributed by atoms with Crippen molar-refractivity contribution in [2.75, 3.05) is 31.4 Å². The first-order chi connectivity index (χ1) is 23.4. The van der Waals surface area contributed by atoms with Crippen molar-refractivity contribution in [1.29, 1.82) is 0 Å². The molecular formula is C32H42Cl2N5O10P. The Morgan fingerprint density at radius 1 is 1.10 bits per heavy atom. The average molecular weight is 759 g/mol. The Morgan fingerprint density at radius 3 is 2.46 bits per heavy atom. The zero-order valence-electron chi connectivity index (χ0n) is 29.1. The lowest BCUT2D eigenvalue weighted by molar-refractivity contribution is -0.204. The van der Waals surface area contributed by atoms with Crippen molar-refractivity contribution >= 4 is 59.5 Å². The lowest BCUT2D eigenvalue weighted by Gasteiger charge is -2.27. The maximum absolute atomic E-state index is 13.7. The van der Waals surface area contributed by atoms with Gasteiger partial charge in [0.1, 0.15) is 23.9 Å². The summed E-state index contributed by atoms with van der Waals surface area (Å²) >= 11 is 13.0. The van der Waals surface area contributed by atoms with E-state index in [9.17, 15) is 14.2 Å². The molecular weight excluding hydrogens is 716 g/mol. The fourth-order valence-corrected chi connectivity index (χ4v) is 7.54. The standard InChI is InChI=1S/C32H42Cl2N5O10P/c1-9-43-27(40)28(50(8,42)45-10-2)44-17-21-22-23(48-32(6,7)47-22)26(46-21)39-25-19(15-35-39)24(36-29(34)37-25)38(30(41)49-31(3,4)5)16-18-13-11-12-14-20(18)33/h11-15,21-23,26,28H,9-10,16-17H2,1-8H3/t21-,22-,23-,26-,28?,50?/m1/s1. The van der Waals surface area contributed by atoms with Gasteiger partial charge in [0.2, 0.25) is 18.5 Å². The first-order valence-electron chi connectivity index (χ1n) is 16.1. The van der Waals surface area contributed by atoms with E-state index >= 15 is 0 Å². The number of carbonyl (C=O) groups is 2. The molecule has 50 heavy (non-hydrogen) atoms. The molecule has 1 amide bonds. The Hall–Kier alpha value is -2.88. The number of benzene rings is 1. The highest BCUT2D eigenvalue weighted by molar-refractivity contribution is 7.59. The number of esters is 1. The van der Waals surface area contributed by atoms with Gasteiger partial charge in [-0.1, -0.05) is 29.8 Å². The molecule has 2 aliphatic heterocycles. The third-order valence-electron chi connectivity index (χ3n) is 7.65. The maximum atomic E-state index is 13.7. The van der Waals surface area contributed by atoms with Gasteiger partial charge in [0, 0.05) is 11.7 Å². The quantitative estimate of drug-likeness (QED) is 0.114. The van der Waals surface area contributed by atoms with E-state index in [4.69, 9.17) is 56.1 Å². The van der Waals surface area contributed by atoms with Crippen molar-refractivity contribution in [1.82, 2.24) is 19.7 Å². The van der Waals surface area contributed by atoms with Gasteiger partial charge < -0.3 is 32.9 Å². The molecule has 2 fully saturated rings. The summed E-state index contributed by atoms with van der Waals surface area (Å²) in [7, 11) is -3.59. The normalized spacial score (nSPS) is 23.3. The number of halogens is 2. The highest BCUT2D eigenvalue weighted by Crippen LogP contribution is 2.50. The van der Waals surface area contributed by atoms with Gasteiger partial charge in [0.05, 0.1) is 37.9 Å². The van der Waals surface area contributed by atoms with Crippen molar-refractivity contribution in [2.24, 2.45) is 0 Å². The third-order valence-corrected chi connectivity index (χ3v) is 10.2. The fourth-order valence-electron chi connectivity index (χ4n) is 5.73. The summed E-state index contributed by atoms with van der Waals surface area (Å²) in [6.45, 7) is 13.3. The highest BCUT2D eigenvalue weighted by Gasteiger charge is 2.57. The summed E-state index contributed by atoms with van der Waals surface area (Å²) in [5.41, 5.74) is 0.0402. The second-order valence-electron chi connectivity index (χ2n) is 13.2. The molecule has 0 radical (unpaired) electrons. The second-order valence-corrected chi connectivity index (χ2v) is 16.5. The molecule has 3 aromatic rings. The van der Waals surface area contributed by atoms with E-state index in [-0.39, 0.29) is 43.1 Å². The van der Waals surface area contributed by atoms with Crippen LogP contribution in [0.3, 0.4) is 0 Å². The van der Waals surface area contributed by atoms with Crippen LogP contribution in [0.4, 0.5) is 10.6 Å².